The van der Waals surface area contributed by atoms with Gasteiger partial charge in [0.15, 0.2) is 0 Å². The molecule has 3 amide bonds. The molecular formula is C31H38ClN3O4. The zero-order valence-electron chi connectivity index (χ0n) is 23.5. The molecule has 2 aromatic carbocycles. The number of nitrogens with one attached hydrogen (secondary N) is 2. The van der Waals surface area contributed by atoms with Crippen LogP contribution in [0.5, 0.6) is 0 Å². The number of hydrogen-bond acceptors (Lipinski definition) is 4. The Kier molecular flexibility index (Phi) is 11.2. The number of para-hydroxylation sites is 1. The van der Waals surface area contributed by atoms with Gasteiger partial charge in [-0.2, -0.15) is 0 Å². The number of carbonyl (C=O) groups excluding carboxylic acids is 3. The molecule has 3 atom stereocenters. The minimum absolute atomic E-state index is 0.0141. The van der Waals surface area contributed by atoms with Crippen LogP contribution in [0.25, 0.3) is 0 Å². The fourth-order valence-corrected chi connectivity index (χ4v) is 4.33. The molecule has 2 aromatic rings. The van der Waals surface area contributed by atoms with Crippen molar-refractivity contribution in [2.75, 3.05) is 11.9 Å². The van der Waals surface area contributed by atoms with Crippen LogP contribution in [0.4, 0.5) is 10.5 Å². The highest BCUT2D eigenvalue weighted by Crippen LogP contribution is 2.31. The number of amides is 3. The summed E-state index contributed by atoms with van der Waals surface area (Å²) in [5, 5.41) is 5.98. The molecule has 0 fully saturated rings. The second-order valence-electron chi connectivity index (χ2n) is 10.3. The van der Waals surface area contributed by atoms with Gasteiger partial charge in [0.1, 0.15) is 17.7 Å². The number of alkyl carbamates (subject to hydrolysis) is 1. The van der Waals surface area contributed by atoms with Crippen LogP contribution in [0, 0.1) is 25.2 Å². The molecule has 208 valence electrons. The highest BCUT2D eigenvalue weighted by atomic mass is 35.5. The molecule has 0 aliphatic rings. The Morgan fingerprint density at radius 2 is 1.85 bits per heavy atom. The van der Waals surface area contributed by atoms with Crippen molar-refractivity contribution in [3.8, 4) is 12.3 Å². The van der Waals surface area contributed by atoms with Crippen molar-refractivity contribution >= 4 is 35.2 Å². The lowest BCUT2D eigenvalue weighted by molar-refractivity contribution is -0.141. The van der Waals surface area contributed by atoms with Gasteiger partial charge in [-0.1, -0.05) is 74.2 Å². The third-order valence-electron chi connectivity index (χ3n) is 6.20. The topological polar surface area (TPSA) is 87.7 Å². The summed E-state index contributed by atoms with van der Waals surface area (Å²) in [7, 11) is 0. The molecule has 0 heterocycles. The number of rotatable bonds is 10. The van der Waals surface area contributed by atoms with E-state index in [0.29, 0.717) is 28.3 Å². The predicted molar refractivity (Wildman–Crippen MR) is 156 cm³/mol. The van der Waals surface area contributed by atoms with Crippen LogP contribution in [-0.4, -0.2) is 41.0 Å². The quantitative estimate of drug-likeness (QED) is 0.269. The predicted octanol–water partition coefficient (Wildman–Crippen LogP) is 6.26. The normalized spacial score (nSPS) is 13.3. The molecule has 2 N–H and O–H groups in total. The summed E-state index contributed by atoms with van der Waals surface area (Å²) in [5.74, 6) is 1.36. The van der Waals surface area contributed by atoms with Gasteiger partial charge in [-0.05, 0) is 56.9 Å². The number of carbonyl (C=O) groups is 3. The van der Waals surface area contributed by atoms with Crippen LogP contribution in [-0.2, 0) is 14.3 Å². The summed E-state index contributed by atoms with van der Waals surface area (Å²) in [6.45, 7) is 14.6. The third kappa shape index (κ3) is 8.36. The van der Waals surface area contributed by atoms with Crippen molar-refractivity contribution in [1.29, 1.82) is 0 Å². The number of halogens is 1. The average molecular weight is 552 g/mol. The lowest BCUT2D eigenvalue weighted by Gasteiger charge is -2.36. The summed E-state index contributed by atoms with van der Waals surface area (Å²) >= 11 is 6.40. The fourth-order valence-electron chi connectivity index (χ4n) is 4.06. The molecule has 2 rings (SSSR count). The van der Waals surface area contributed by atoms with Crippen molar-refractivity contribution in [3.63, 3.8) is 0 Å². The molecule has 7 nitrogen and oxygen atoms in total. The number of terminal acetylenes is 1. The summed E-state index contributed by atoms with van der Waals surface area (Å²) in [5.41, 5.74) is 1.34. The molecule has 0 aliphatic carbocycles. The minimum Gasteiger partial charge on any atom is -0.444 e. The van der Waals surface area contributed by atoms with Crippen LogP contribution < -0.4 is 10.6 Å². The molecule has 0 radical (unpaired) electrons. The first kappa shape index (κ1) is 31.5. The van der Waals surface area contributed by atoms with Crippen molar-refractivity contribution in [2.24, 2.45) is 5.92 Å². The molecular weight excluding hydrogens is 514 g/mol. The van der Waals surface area contributed by atoms with Crippen LogP contribution >= 0.6 is 11.6 Å². The maximum atomic E-state index is 14.2. The second-order valence-corrected chi connectivity index (χ2v) is 10.8. The van der Waals surface area contributed by atoms with Crippen LogP contribution in [0.2, 0.25) is 5.02 Å². The maximum Gasteiger partial charge on any atom is 0.408 e. The van der Waals surface area contributed by atoms with E-state index in [1.165, 1.54) is 11.0 Å². The summed E-state index contributed by atoms with van der Waals surface area (Å²) in [6, 6.07) is 10.1. The molecule has 0 aromatic heterocycles. The second kappa shape index (κ2) is 13.9. The van der Waals surface area contributed by atoms with Crippen LogP contribution in [0.15, 0.2) is 55.1 Å². The Labute approximate surface area is 236 Å². The fraction of sp³-hybridized carbons (Fsp3) is 0.387. The van der Waals surface area contributed by atoms with Gasteiger partial charge >= 0.3 is 6.09 Å². The van der Waals surface area contributed by atoms with E-state index in [4.69, 9.17) is 22.8 Å². The summed E-state index contributed by atoms with van der Waals surface area (Å²) in [6.07, 6.45) is 7.18. The van der Waals surface area contributed by atoms with E-state index < -0.39 is 35.6 Å². The number of hydrogen-bond donors (Lipinski definition) is 2. The molecule has 0 saturated carbocycles. The van der Waals surface area contributed by atoms with Crippen molar-refractivity contribution in [3.05, 3.63) is 76.8 Å². The molecule has 3 unspecified atom stereocenters. The monoisotopic (exact) mass is 551 g/mol. The first-order valence-corrected chi connectivity index (χ1v) is 13.2. The van der Waals surface area contributed by atoms with Gasteiger partial charge < -0.3 is 20.3 Å². The Balaban J connectivity index is 2.63. The average Bonchev–Trinajstić information content (AvgIpc) is 2.87. The van der Waals surface area contributed by atoms with Crippen LogP contribution in [0.1, 0.15) is 63.8 Å². The molecule has 0 spiro atoms. The minimum atomic E-state index is -1.15. The smallest absolute Gasteiger partial charge is 0.408 e. The number of benzene rings is 2. The van der Waals surface area contributed by atoms with Crippen LogP contribution in [0.3, 0.4) is 0 Å². The molecule has 8 heteroatoms. The van der Waals surface area contributed by atoms with Gasteiger partial charge in [0.25, 0.3) is 5.91 Å². The van der Waals surface area contributed by atoms with E-state index in [9.17, 15) is 14.4 Å². The highest BCUT2D eigenvalue weighted by molar-refractivity contribution is 6.34. The first-order valence-electron chi connectivity index (χ1n) is 12.9. The van der Waals surface area contributed by atoms with Crippen molar-refractivity contribution < 1.29 is 19.1 Å². The van der Waals surface area contributed by atoms with E-state index >= 15 is 0 Å². The lowest BCUT2D eigenvalue weighted by Crippen LogP contribution is -2.54. The number of anilines is 1. The van der Waals surface area contributed by atoms with Gasteiger partial charge in [-0.3, -0.25) is 9.59 Å². The van der Waals surface area contributed by atoms with E-state index in [0.717, 1.165) is 5.56 Å². The van der Waals surface area contributed by atoms with E-state index in [2.05, 4.69) is 23.1 Å². The molecule has 0 saturated heterocycles. The molecule has 0 bridgehead atoms. The first-order chi connectivity index (χ1) is 18.3. The number of aryl methyl sites for hydroxylation is 1. The largest absolute Gasteiger partial charge is 0.444 e. The van der Waals surface area contributed by atoms with Gasteiger partial charge in [0.05, 0.1) is 10.7 Å². The molecule has 0 aliphatic heterocycles. The number of ether oxygens (including phenoxy) is 1. The highest BCUT2D eigenvalue weighted by Gasteiger charge is 2.38. The van der Waals surface area contributed by atoms with E-state index in [-0.39, 0.29) is 12.5 Å². The van der Waals surface area contributed by atoms with Crippen molar-refractivity contribution in [1.82, 2.24) is 10.2 Å². The van der Waals surface area contributed by atoms with Gasteiger partial charge in [0.2, 0.25) is 5.91 Å². The Hall–Kier alpha value is -3.76. The Morgan fingerprint density at radius 3 is 2.41 bits per heavy atom. The van der Waals surface area contributed by atoms with Crippen molar-refractivity contribution in [2.45, 2.75) is 65.6 Å². The summed E-state index contributed by atoms with van der Waals surface area (Å²) < 4.78 is 5.43. The van der Waals surface area contributed by atoms with Gasteiger partial charge in [-0.25, -0.2) is 4.79 Å². The third-order valence-corrected chi connectivity index (χ3v) is 6.52. The maximum absolute atomic E-state index is 14.2. The number of nitrogens with zero attached hydrogens (tertiary/aromatic N) is 1. The van der Waals surface area contributed by atoms with Gasteiger partial charge in [-0.15, -0.1) is 13.0 Å². The SMILES string of the molecule is C#Cc1ccccc1C(C(=O)Nc1c(C)cccc1Cl)N(CC=C)C(=O)C(NC(=O)OC(C)(C)C)C(C)CC. The lowest BCUT2D eigenvalue weighted by atomic mass is 9.94. The van der Waals surface area contributed by atoms with E-state index in [1.54, 1.807) is 57.2 Å². The Morgan fingerprint density at radius 1 is 1.18 bits per heavy atom. The molecule has 39 heavy (non-hydrogen) atoms. The standard InChI is InChI=1S/C31H38ClN3O4/c1-9-19-35(29(37)26(20(4)10-2)34-30(38)39-31(6,7)8)27(23-17-13-12-16-22(23)11-3)28(36)33-25-21(5)15-14-18-24(25)32/h3,9,12-18,20,26-27H,1,10,19H2,2,4-8H3,(H,33,36)(H,34,38). The van der Waals surface area contributed by atoms with E-state index in [1.807, 2.05) is 26.8 Å². The Bertz CT molecular complexity index is 1220. The zero-order chi connectivity index (χ0) is 29.3. The zero-order valence-corrected chi connectivity index (χ0v) is 24.3. The van der Waals surface area contributed by atoms with Gasteiger partial charge in [0, 0.05) is 12.1 Å². The summed E-state index contributed by atoms with van der Waals surface area (Å²) in [4.78, 5) is 42.3.